The maximum Gasteiger partial charge on any atom is 0.256 e. The highest BCUT2D eigenvalue weighted by atomic mass is 32.2. The summed E-state index contributed by atoms with van der Waals surface area (Å²) in [6.07, 6.45) is 1.45. The molecule has 1 saturated heterocycles. The second kappa shape index (κ2) is 6.19. The van der Waals surface area contributed by atoms with Gasteiger partial charge in [0.15, 0.2) is 0 Å². The van der Waals surface area contributed by atoms with Crippen molar-refractivity contribution < 1.29 is 18.0 Å². The molecule has 2 amide bonds. The number of carbonyl (C=O) groups excluding carboxylic acids is 2. The summed E-state index contributed by atoms with van der Waals surface area (Å²) in [4.78, 5) is 27.2. The predicted octanol–water partition coefficient (Wildman–Crippen LogP) is 1.50. The van der Waals surface area contributed by atoms with Gasteiger partial charge in [-0.1, -0.05) is 6.07 Å². The molecule has 1 aromatic heterocycles. The Labute approximate surface area is 155 Å². The Morgan fingerprint density at radius 3 is 2.73 bits per heavy atom. The van der Waals surface area contributed by atoms with E-state index in [0.717, 1.165) is 17.4 Å². The Bertz CT molecular complexity index is 985. The average molecular weight is 391 g/mol. The van der Waals surface area contributed by atoms with Gasteiger partial charge in [0.05, 0.1) is 23.5 Å². The molecule has 2 aliphatic heterocycles. The Balaban J connectivity index is 1.72. The number of nitrogens with one attached hydrogen (secondary N) is 2. The molecule has 3 heterocycles. The molecule has 0 aliphatic carbocycles. The summed E-state index contributed by atoms with van der Waals surface area (Å²) in [6, 6.07) is 5.85. The van der Waals surface area contributed by atoms with Gasteiger partial charge in [-0.05, 0) is 46.5 Å². The van der Waals surface area contributed by atoms with Crippen LogP contribution in [0.25, 0.3) is 11.1 Å². The van der Waals surface area contributed by atoms with Crippen molar-refractivity contribution in [2.45, 2.75) is 18.5 Å². The summed E-state index contributed by atoms with van der Waals surface area (Å²) in [5.74, 6) is -0.641. The van der Waals surface area contributed by atoms with Gasteiger partial charge in [-0.25, -0.2) is 13.1 Å². The summed E-state index contributed by atoms with van der Waals surface area (Å²) >= 11 is 1.57. The highest BCUT2D eigenvalue weighted by Crippen LogP contribution is 2.32. The normalized spacial score (nSPS) is 22.6. The number of hydrogen-bond acceptors (Lipinski definition) is 5. The zero-order valence-corrected chi connectivity index (χ0v) is 15.6. The van der Waals surface area contributed by atoms with Gasteiger partial charge < -0.3 is 10.2 Å². The summed E-state index contributed by atoms with van der Waals surface area (Å²) < 4.78 is 25.6. The van der Waals surface area contributed by atoms with E-state index in [0.29, 0.717) is 24.2 Å². The van der Waals surface area contributed by atoms with Crippen LogP contribution in [0.1, 0.15) is 16.8 Å². The number of carbonyl (C=O) groups is 2. The van der Waals surface area contributed by atoms with Gasteiger partial charge >= 0.3 is 0 Å². The molecule has 0 saturated carbocycles. The molecule has 2 aliphatic rings. The molecule has 0 spiro atoms. The first-order chi connectivity index (χ1) is 12.3. The molecule has 7 nitrogen and oxygen atoms in total. The van der Waals surface area contributed by atoms with Crippen LogP contribution >= 0.6 is 11.3 Å². The highest BCUT2D eigenvalue weighted by molar-refractivity contribution is 7.88. The fourth-order valence-electron chi connectivity index (χ4n) is 3.54. The van der Waals surface area contributed by atoms with E-state index in [1.54, 1.807) is 23.5 Å². The molecule has 26 heavy (non-hydrogen) atoms. The largest absolute Gasteiger partial charge is 0.325 e. The number of hydrogen-bond donors (Lipinski definition) is 2. The van der Waals surface area contributed by atoms with Crippen molar-refractivity contribution in [3.63, 3.8) is 0 Å². The molecular weight excluding hydrogens is 374 g/mol. The van der Waals surface area contributed by atoms with Gasteiger partial charge in [0.2, 0.25) is 15.9 Å². The first-order valence-corrected chi connectivity index (χ1v) is 10.9. The lowest BCUT2D eigenvalue weighted by atomic mass is 10.0. The number of anilines is 1. The number of fused-ring (bicyclic) bond motifs is 2. The lowest BCUT2D eigenvalue weighted by Gasteiger charge is -2.24. The second-order valence-corrected chi connectivity index (χ2v) is 9.05. The van der Waals surface area contributed by atoms with Crippen LogP contribution in [0.2, 0.25) is 0 Å². The first-order valence-electron chi connectivity index (χ1n) is 8.09. The number of nitrogens with zero attached hydrogens (tertiary/aromatic N) is 1. The first kappa shape index (κ1) is 17.2. The minimum atomic E-state index is -3.48. The van der Waals surface area contributed by atoms with Gasteiger partial charge in [0.1, 0.15) is 6.04 Å². The summed E-state index contributed by atoms with van der Waals surface area (Å²) in [7, 11) is -3.48. The molecule has 4 rings (SSSR count). The third-order valence-electron chi connectivity index (χ3n) is 4.66. The Morgan fingerprint density at radius 2 is 2.04 bits per heavy atom. The van der Waals surface area contributed by atoms with E-state index in [4.69, 9.17) is 0 Å². The molecule has 1 fully saturated rings. The summed E-state index contributed by atoms with van der Waals surface area (Å²) in [6.45, 7) is 0.326. The van der Waals surface area contributed by atoms with Crippen molar-refractivity contribution in [2.75, 3.05) is 18.1 Å². The second-order valence-electron chi connectivity index (χ2n) is 6.49. The van der Waals surface area contributed by atoms with Crippen molar-refractivity contribution in [1.82, 2.24) is 9.62 Å². The molecule has 2 atom stereocenters. The van der Waals surface area contributed by atoms with Gasteiger partial charge in [-0.15, -0.1) is 0 Å². The SMILES string of the molecule is CS(=O)(=O)NC1CCN2C(=O)c3cc(-c4ccsc4)ccc3NC(=O)C12. The summed E-state index contributed by atoms with van der Waals surface area (Å²) in [5, 5.41) is 6.73. The molecule has 1 aromatic carbocycles. The van der Waals surface area contributed by atoms with Gasteiger partial charge in [-0.2, -0.15) is 11.3 Å². The lowest BCUT2D eigenvalue weighted by molar-refractivity contribution is -0.120. The highest BCUT2D eigenvalue weighted by Gasteiger charge is 2.45. The maximum absolute atomic E-state index is 13.1. The number of thiophene rings is 1. The predicted molar refractivity (Wildman–Crippen MR) is 99.6 cm³/mol. The average Bonchev–Trinajstić information content (AvgIpc) is 3.20. The molecular formula is C17H17N3O4S2. The van der Waals surface area contributed by atoms with Crippen molar-refractivity contribution in [2.24, 2.45) is 0 Å². The molecule has 2 unspecified atom stereocenters. The standard InChI is InChI=1S/C17H17N3O4S2/c1-26(23,24)19-14-4-6-20-15(14)16(21)18-13-3-2-10(8-12(13)17(20)22)11-5-7-25-9-11/h2-3,5,7-9,14-15,19H,4,6H2,1H3,(H,18,21). The van der Waals surface area contributed by atoms with E-state index in [1.165, 1.54) is 4.90 Å². The molecule has 136 valence electrons. The van der Waals surface area contributed by atoms with Gasteiger partial charge in [-0.3, -0.25) is 9.59 Å². The zero-order valence-electron chi connectivity index (χ0n) is 13.9. The van der Waals surface area contributed by atoms with E-state index in [1.807, 2.05) is 22.9 Å². The zero-order chi connectivity index (χ0) is 18.5. The Morgan fingerprint density at radius 1 is 1.23 bits per heavy atom. The van der Waals surface area contributed by atoms with Crippen LogP contribution in [-0.4, -0.2) is 50.0 Å². The van der Waals surface area contributed by atoms with Crippen molar-refractivity contribution in [1.29, 1.82) is 0 Å². The van der Waals surface area contributed by atoms with Crippen LogP contribution in [-0.2, 0) is 14.8 Å². The fraction of sp³-hybridized carbons (Fsp3) is 0.294. The number of rotatable bonds is 3. The van der Waals surface area contributed by atoms with E-state index in [2.05, 4.69) is 10.0 Å². The molecule has 0 radical (unpaired) electrons. The van der Waals surface area contributed by atoms with E-state index >= 15 is 0 Å². The Kier molecular flexibility index (Phi) is 4.09. The van der Waals surface area contributed by atoms with Crippen LogP contribution < -0.4 is 10.0 Å². The van der Waals surface area contributed by atoms with Crippen LogP contribution in [0.15, 0.2) is 35.0 Å². The molecule has 2 aromatic rings. The van der Waals surface area contributed by atoms with Crippen LogP contribution in [0, 0.1) is 0 Å². The molecule has 0 bridgehead atoms. The van der Waals surface area contributed by atoms with E-state index in [9.17, 15) is 18.0 Å². The molecule has 2 N–H and O–H groups in total. The van der Waals surface area contributed by atoms with Crippen LogP contribution in [0.5, 0.6) is 0 Å². The third-order valence-corrected chi connectivity index (χ3v) is 6.07. The van der Waals surface area contributed by atoms with Crippen LogP contribution in [0.4, 0.5) is 5.69 Å². The smallest absolute Gasteiger partial charge is 0.256 e. The van der Waals surface area contributed by atoms with E-state index < -0.39 is 22.1 Å². The summed E-state index contributed by atoms with van der Waals surface area (Å²) in [5.41, 5.74) is 2.78. The number of amides is 2. The monoisotopic (exact) mass is 391 g/mol. The van der Waals surface area contributed by atoms with E-state index in [-0.39, 0.29) is 11.8 Å². The topological polar surface area (TPSA) is 95.6 Å². The minimum absolute atomic E-state index is 0.266. The Hall–Kier alpha value is -2.23. The molecule has 9 heteroatoms. The minimum Gasteiger partial charge on any atom is -0.325 e. The maximum atomic E-state index is 13.1. The van der Waals surface area contributed by atoms with Crippen molar-refractivity contribution in [3.8, 4) is 11.1 Å². The van der Waals surface area contributed by atoms with Crippen LogP contribution in [0.3, 0.4) is 0 Å². The van der Waals surface area contributed by atoms with Crippen molar-refractivity contribution >= 4 is 38.9 Å². The van der Waals surface area contributed by atoms with Crippen molar-refractivity contribution in [3.05, 3.63) is 40.6 Å². The number of benzene rings is 1. The number of sulfonamides is 1. The van der Waals surface area contributed by atoms with Gasteiger partial charge in [0.25, 0.3) is 5.91 Å². The van der Waals surface area contributed by atoms with Gasteiger partial charge in [0, 0.05) is 6.54 Å². The lowest BCUT2D eigenvalue weighted by Crippen LogP contribution is -2.51. The third kappa shape index (κ3) is 3.02. The fourth-order valence-corrected chi connectivity index (χ4v) is 5.00. The quantitative estimate of drug-likeness (QED) is 0.829.